The lowest BCUT2D eigenvalue weighted by molar-refractivity contribution is -0.136. The maximum absolute atomic E-state index is 12.8. The van der Waals surface area contributed by atoms with Gasteiger partial charge in [-0.15, -0.1) is 0 Å². The zero-order valence-electron chi connectivity index (χ0n) is 6.35. The molecule has 0 atom stereocenters. The molecule has 70 valence electrons. The number of carbonyl (C=O) groups is 1. The topological polar surface area (TPSA) is 37.3 Å². The monoisotopic (exact) mass is 250 g/mol. The van der Waals surface area contributed by atoms with Gasteiger partial charge in [0.25, 0.3) is 0 Å². The molecule has 0 aromatic heterocycles. The third-order valence-corrected chi connectivity index (χ3v) is 2.30. The minimum absolute atomic E-state index is 0.00343. The first kappa shape index (κ1) is 10.1. The van der Waals surface area contributed by atoms with Crippen LogP contribution in [-0.2, 0) is 11.2 Å². The van der Waals surface area contributed by atoms with E-state index < -0.39 is 24.0 Å². The van der Waals surface area contributed by atoms with Gasteiger partial charge < -0.3 is 5.11 Å². The summed E-state index contributed by atoms with van der Waals surface area (Å²) in [5.74, 6) is -2.71. The van der Waals surface area contributed by atoms with Crippen molar-refractivity contribution in [3.8, 4) is 0 Å². The summed E-state index contributed by atoms with van der Waals surface area (Å²) in [5, 5.41) is 8.41. The fraction of sp³-hybridized carbons (Fsp3) is 0.125. The third-order valence-electron chi connectivity index (χ3n) is 1.41. The normalized spacial score (nSPS) is 10.1. The lowest BCUT2D eigenvalue weighted by Gasteiger charge is -2.02. The fourth-order valence-corrected chi connectivity index (χ4v) is 1.27. The van der Waals surface area contributed by atoms with Gasteiger partial charge in [0.1, 0.15) is 11.6 Å². The number of aliphatic carboxylic acids is 1. The van der Waals surface area contributed by atoms with Crippen molar-refractivity contribution in [1.82, 2.24) is 0 Å². The molecule has 1 aromatic rings. The van der Waals surface area contributed by atoms with Crippen LogP contribution in [0.2, 0.25) is 0 Å². The average Bonchev–Trinajstić information content (AvgIpc) is 1.98. The van der Waals surface area contributed by atoms with Crippen molar-refractivity contribution in [1.29, 1.82) is 0 Å². The first-order valence-corrected chi connectivity index (χ1v) is 4.15. The summed E-state index contributed by atoms with van der Waals surface area (Å²) >= 11 is 2.84. The molecule has 5 heteroatoms. The van der Waals surface area contributed by atoms with Gasteiger partial charge in [-0.1, -0.05) is 0 Å². The van der Waals surface area contributed by atoms with E-state index in [0.717, 1.165) is 6.07 Å². The van der Waals surface area contributed by atoms with Gasteiger partial charge in [0.05, 0.1) is 10.9 Å². The van der Waals surface area contributed by atoms with Crippen LogP contribution in [0.4, 0.5) is 8.78 Å². The lowest BCUT2D eigenvalue weighted by Crippen LogP contribution is -2.02. The van der Waals surface area contributed by atoms with Crippen molar-refractivity contribution in [3.05, 3.63) is 33.8 Å². The number of halogens is 3. The van der Waals surface area contributed by atoms with Crippen molar-refractivity contribution in [2.75, 3.05) is 0 Å². The van der Waals surface area contributed by atoms with Crippen LogP contribution in [0.3, 0.4) is 0 Å². The van der Waals surface area contributed by atoms with E-state index in [4.69, 9.17) is 5.11 Å². The van der Waals surface area contributed by atoms with Crippen LogP contribution in [0.5, 0.6) is 0 Å². The van der Waals surface area contributed by atoms with Crippen molar-refractivity contribution < 1.29 is 18.7 Å². The van der Waals surface area contributed by atoms with E-state index in [9.17, 15) is 13.6 Å². The summed E-state index contributed by atoms with van der Waals surface area (Å²) in [5.41, 5.74) is 0.0880. The van der Waals surface area contributed by atoms with Gasteiger partial charge in [-0.25, -0.2) is 8.78 Å². The van der Waals surface area contributed by atoms with Crippen molar-refractivity contribution in [2.45, 2.75) is 6.42 Å². The molecule has 0 radical (unpaired) electrons. The van der Waals surface area contributed by atoms with Gasteiger partial charge >= 0.3 is 5.97 Å². The summed E-state index contributed by atoms with van der Waals surface area (Å²) in [6, 6.07) is 1.68. The van der Waals surface area contributed by atoms with Crippen LogP contribution in [0.25, 0.3) is 0 Å². The smallest absolute Gasteiger partial charge is 0.307 e. The Morgan fingerprint density at radius 2 is 2.08 bits per heavy atom. The Labute approximate surface area is 81.3 Å². The molecule has 0 unspecified atom stereocenters. The van der Waals surface area contributed by atoms with E-state index >= 15 is 0 Å². The molecule has 0 bridgehead atoms. The fourth-order valence-electron chi connectivity index (χ4n) is 0.901. The first-order valence-electron chi connectivity index (χ1n) is 3.36. The van der Waals surface area contributed by atoms with Gasteiger partial charge in [-0.2, -0.15) is 0 Å². The summed E-state index contributed by atoms with van der Waals surface area (Å²) in [6.45, 7) is 0. The number of hydrogen-bond donors (Lipinski definition) is 1. The second-order valence-corrected chi connectivity index (χ2v) is 3.22. The first-order chi connectivity index (χ1) is 6.00. The maximum Gasteiger partial charge on any atom is 0.307 e. The standard InChI is InChI=1S/C8H5BrF2O2/c9-8-4(2-7(12)13)1-5(10)3-6(8)11/h1,3H,2H2,(H,12,13). The third kappa shape index (κ3) is 2.48. The quantitative estimate of drug-likeness (QED) is 0.819. The number of benzene rings is 1. The molecule has 0 aliphatic heterocycles. The lowest BCUT2D eigenvalue weighted by atomic mass is 10.1. The van der Waals surface area contributed by atoms with Gasteiger partial charge in [-0.05, 0) is 27.6 Å². The van der Waals surface area contributed by atoms with Gasteiger partial charge in [-0.3, -0.25) is 4.79 Å². The van der Waals surface area contributed by atoms with E-state index in [2.05, 4.69) is 15.9 Å². The molecule has 0 saturated carbocycles. The van der Waals surface area contributed by atoms with Crippen LogP contribution in [-0.4, -0.2) is 11.1 Å². The highest BCUT2D eigenvalue weighted by Crippen LogP contribution is 2.22. The molecule has 0 aliphatic rings. The second-order valence-electron chi connectivity index (χ2n) is 2.43. The number of carboxylic acid groups (broad SMARTS) is 1. The highest BCUT2D eigenvalue weighted by Gasteiger charge is 2.11. The average molecular weight is 251 g/mol. The second kappa shape index (κ2) is 3.83. The molecule has 2 nitrogen and oxygen atoms in total. The molecule has 0 fully saturated rings. The molecule has 1 N–H and O–H groups in total. The van der Waals surface area contributed by atoms with Crippen molar-refractivity contribution in [3.63, 3.8) is 0 Å². The largest absolute Gasteiger partial charge is 0.481 e. The number of carboxylic acids is 1. The van der Waals surface area contributed by atoms with Gasteiger partial charge in [0, 0.05) is 6.07 Å². The van der Waals surface area contributed by atoms with E-state index in [0.29, 0.717) is 6.07 Å². The summed E-state index contributed by atoms with van der Waals surface area (Å²) in [4.78, 5) is 10.3. The number of rotatable bonds is 2. The zero-order chi connectivity index (χ0) is 10.0. The van der Waals surface area contributed by atoms with Crippen molar-refractivity contribution >= 4 is 21.9 Å². The molecule has 13 heavy (non-hydrogen) atoms. The molecule has 0 saturated heterocycles. The summed E-state index contributed by atoms with van der Waals surface area (Å²) < 4.78 is 25.4. The maximum atomic E-state index is 12.8. The minimum Gasteiger partial charge on any atom is -0.481 e. The Bertz CT molecular complexity index is 352. The van der Waals surface area contributed by atoms with Gasteiger partial charge in [0.15, 0.2) is 0 Å². The van der Waals surface area contributed by atoms with Crippen LogP contribution < -0.4 is 0 Å². The minimum atomic E-state index is -1.13. The molecule has 0 spiro atoms. The highest BCUT2D eigenvalue weighted by molar-refractivity contribution is 9.10. The summed E-state index contributed by atoms with van der Waals surface area (Å²) in [7, 11) is 0. The Morgan fingerprint density at radius 1 is 1.46 bits per heavy atom. The van der Waals surface area contributed by atoms with Crippen LogP contribution in [0.1, 0.15) is 5.56 Å². The highest BCUT2D eigenvalue weighted by atomic mass is 79.9. The molecule has 0 amide bonds. The Hall–Kier alpha value is -0.970. The Morgan fingerprint density at radius 3 is 2.62 bits per heavy atom. The molecule has 0 aliphatic carbocycles. The molecule has 1 rings (SSSR count). The van der Waals surface area contributed by atoms with E-state index in [1.54, 1.807) is 0 Å². The SMILES string of the molecule is O=C(O)Cc1cc(F)cc(F)c1Br. The summed E-state index contributed by atoms with van der Waals surface area (Å²) in [6.07, 6.45) is -0.407. The molecular weight excluding hydrogens is 246 g/mol. The van der Waals surface area contributed by atoms with Crippen LogP contribution >= 0.6 is 15.9 Å². The van der Waals surface area contributed by atoms with Gasteiger partial charge in [0.2, 0.25) is 0 Å². The van der Waals surface area contributed by atoms with Crippen LogP contribution in [0, 0.1) is 11.6 Å². The van der Waals surface area contributed by atoms with E-state index in [-0.39, 0.29) is 10.0 Å². The molecule has 0 heterocycles. The predicted molar refractivity (Wildman–Crippen MR) is 45.4 cm³/mol. The van der Waals surface area contributed by atoms with E-state index in [1.165, 1.54) is 0 Å². The Balaban J connectivity index is 3.12. The number of hydrogen-bond acceptors (Lipinski definition) is 1. The predicted octanol–water partition coefficient (Wildman–Crippen LogP) is 2.35. The zero-order valence-corrected chi connectivity index (χ0v) is 7.94. The molecule has 1 aromatic carbocycles. The molecular formula is C8H5BrF2O2. The van der Waals surface area contributed by atoms with E-state index in [1.807, 2.05) is 0 Å². The Kier molecular flexibility index (Phi) is 2.98. The van der Waals surface area contributed by atoms with Crippen LogP contribution in [0.15, 0.2) is 16.6 Å². The van der Waals surface area contributed by atoms with Crippen molar-refractivity contribution in [2.24, 2.45) is 0 Å².